The van der Waals surface area contributed by atoms with Gasteiger partial charge in [0.25, 0.3) is 5.91 Å². The number of aliphatic imine (C=N–C) groups is 1. The molecule has 0 radical (unpaired) electrons. The molecule has 3 aliphatic heterocycles. The zero-order chi connectivity index (χ0) is 21.9. The van der Waals surface area contributed by atoms with E-state index in [0.717, 1.165) is 79.8 Å². The molecule has 2 fully saturated rings. The number of benzene rings is 1. The maximum absolute atomic E-state index is 12.7. The molecule has 5 rings (SSSR count). The summed E-state index contributed by atoms with van der Waals surface area (Å²) in [7, 11) is 0. The normalized spacial score (nSPS) is 28.4. The van der Waals surface area contributed by atoms with Crippen LogP contribution in [0.4, 0.5) is 0 Å². The van der Waals surface area contributed by atoms with Gasteiger partial charge in [0.1, 0.15) is 6.04 Å². The van der Waals surface area contributed by atoms with Crippen molar-refractivity contribution in [1.82, 2.24) is 4.90 Å². The number of carbonyl (C=O) groups is 1. The van der Waals surface area contributed by atoms with Crippen LogP contribution in [-0.2, 0) is 14.3 Å². The smallest absolute Gasteiger partial charge is 0.253 e. The van der Waals surface area contributed by atoms with E-state index in [1.807, 2.05) is 35.2 Å². The van der Waals surface area contributed by atoms with Crippen molar-refractivity contribution < 1.29 is 14.3 Å². The lowest BCUT2D eigenvalue weighted by atomic mass is 9.90. The van der Waals surface area contributed by atoms with Crippen LogP contribution in [0.3, 0.4) is 0 Å². The standard InChI is InChI=1S/C25H29ClN2O3S/c26-20-7-9-21(10-8-20)32-25-22(27-23(31-25)18-11-15-30-16-12-18)17-3-5-19(6-4-17)24(29)28-13-1-2-14-28/h3,5-10,17-18,22,25H,1-2,4,11-16H2. The highest BCUT2D eigenvalue weighted by molar-refractivity contribution is 7.99. The topological polar surface area (TPSA) is 51.1 Å². The van der Waals surface area contributed by atoms with Crippen LogP contribution < -0.4 is 0 Å². The minimum Gasteiger partial charge on any atom is -0.464 e. The van der Waals surface area contributed by atoms with Gasteiger partial charge in [-0.1, -0.05) is 41.6 Å². The van der Waals surface area contributed by atoms with Gasteiger partial charge < -0.3 is 14.4 Å². The summed E-state index contributed by atoms with van der Waals surface area (Å²) in [6, 6.07) is 7.90. The van der Waals surface area contributed by atoms with Crippen LogP contribution in [-0.4, -0.2) is 54.5 Å². The molecule has 3 unspecified atom stereocenters. The molecular formula is C25H29ClN2O3S. The Bertz CT molecular complexity index is 918. The Balaban J connectivity index is 1.31. The van der Waals surface area contributed by atoms with E-state index in [1.54, 1.807) is 11.8 Å². The number of hydrogen-bond donors (Lipinski definition) is 0. The molecular weight excluding hydrogens is 444 g/mol. The van der Waals surface area contributed by atoms with Crippen molar-refractivity contribution in [3.8, 4) is 0 Å². The first-order chi connectivity index (χ1) is 15.7. The van der Waals surface area contributed by atoms with Crippen LogP contribution in [0.25, 0.3) is 0 Å². The molecule has 7 heteroatoms. The van der Waals surface area contributed by atoms with Gasteiger partial charge in [0.2, 0.25) is 0 Å². The Morgan fingerprint density at radius 1 is 1.12 bits per heavy atom. The first kappa shape index (κ1) is 22.1. The van der Waals surface area contributed by atoms with Gasteiger partial charge in [0, 0.05) is 53.6 Å². The van der Waals surface area contributed by atoms with Gasteiger partial charge in [-0.2, -0.15) is 0 Å². The van der Waals surface area contributed by atoms with E-state index in [1.165, 1.54) is 0 Å². The third-order valence-corrected chi connectivity index (χ3v) is 8.04. The van der Waals surface area contributed by atoms with Gasteiger partial charge in [-0.15, -0.1) is 0 Å². The lowest BCUT2D eigenvalue weighted by Crippen LogP contribution is -2.31. The summed E-state index contributed by atoms with van der Waals surface area (Å²) in [5.74, 6) is 1.59. The predicted molar refractivity (Wildman–Crippen MR) is 128 cm³/mol. The van der Waals surface area contributed by atoms with Crippen LogP contribution in [0.5, 0.6) is 0 Å². The third-order valence-electron chi connectivity index (χ3n) is 6.64. The summed E-state index contributed by atoms with van der Waals surface area (Å²) in [6.07, 6.45) is 11.2. The van der Waals surface area contributed by atoms with E-state index in [9.17, 15) is 4.79 Å². The van der Waals surface area contributed by atoms with E-state index in [0.29, 0.717) is 5.92 Å². The maximum atomic E-state index is 12.7. The van der Waals surface area contributed by atoms with Gasteiger partial charge in [-0.25, -0.2) is 4.99 Å². The molecule has 0 spiro atoms. The molecule has 0 saturated carbocycles. The fraction of sp³-hybridized carbons (Fsp3) is 0.520. The summed E-state index contributed by atoms with van der Waals surface area (Å²) < 4.78 is 12.0. The summed E-state index contributed by atoms with van der Waals surface area (Å²) in [4.78, 5) is 20.9. The van der Waals surface area contributed by atoms with E-state index in [-0.39, 0.29) is 23.3 Å². The number of nitrogens with zero attached hydrogens (tertiary/aromatic N) is 2. The fourth-order valence-corrected chi connectivity index (χ4v) is 6.00. The Labute approximate surface area is 198 Å². The first-order valence-corrected chi connectivity index (χ1v) is 12.8. The highest BCUT2D eigenvalue weighted by Crippen LogP contribution is 2.39. The summed E-state index contributed by atoms with van der Waals surface area (Å²) >= 11 is 7.77. The minimum absolute atomic E-state index is 0.0180. The second-order valence-electron chi connectivity index (χ2n) is 8.82. The molecule has 4 aliphatic rings. The minimum atomic E-state index is -0.0899. The number of amides is 1. The number of halogens is 1. The molecule has 3 heterocycles. The number of rotatable bonds is 5. The molecule has 0 N–H and O–H groups in total. The number of ether oxygens (including phenoxy) is 2. The summed E-state index contributed by atoms with van der Waals surface area (Å²) in [5.41, 5.74) is 0.727. The summed E-state index contributed by atoms with van der Waals surface area (Å²) in [6.45, 7) is 3.28. The third kappa shape index (κ3) is 4.92. The number of allylic oxidation sites excluding steroid dienone is 1. The average Bonchev–Trinajstić information content (AvgIpc) is 3.52. The maximum Gasteiger partial charge on any atom is 0.253 e. The SMILES string of the molecule is O=C(C1=CCC(C2N=C(C3CCOCC3)OC2Sc2ccc(Cl)cc2)C=C1)N1CCCC1. The molecule has 0 aromatic heterocycles. The molecule has 5 nitrogen and oxygen atoms in total. The Hall–Kier alpha value is -1.76. The molecule has 32 heavy (non-hydrogen) atoms. The first-order valence-electron chi connectivity index (χ1n) is 11.6. The van der Waals surface area contributed by atoms with E-state index < -0.39 is 0 Å². The van der Waals surface area contributed by atoms with Crippen molar-refractivity contribution in [2.45, 2.75) is 48.5 Å². The number of carbonyl (C=O) groups excluding carboxylic acids is 1. The van der Waals surface area contributed by atoms with Crippen molar-refractivity contribution >= 4 is 35.2 Å². The van der Waals surface area contributed by atoms with Crippen LogP contribution in [0.1, 0.15) is 32.1 Å². The molecule has 0 bridgehead atoms. The lowest BCUT2D eigenvalue weighted by molar-refractivity contribution is -0.125. The molecule has 1 amide bonds. The van der Waals surface area contributed by atoms with Crippen LogP contribution in [0.15, 0.2) is 58.0 Å². The zero-order valence-corrected chi connectivity index (χ0v) is 19.7. The molecule has 1 aromatic carbocycles. The van der Waals surface area contributed by atoms with Gasteiger partial charge in [0.15, 0.2) is 11.3 Å². The second kappa shape index (κ2) is 10.0. The van der Waals surface area contributed by atoms with Crippen LogP contribution in [0, 0.1) is 11.8 Å². The van der Waals surface area contributed by atoms with Gasteiger partial charge in [-0.05, 0) is 56.4 Å². The monoisotopic (exact) mass is 472 g/mol. The van der Waals surface area contributed by atoms with Gasteiger partial charge in [-0.3, -0.25) is 4.79 Å². The van der Waals surface area contributed by atoms with Crippen LogP contribution in [0.2, 0.25) is 5.02 Å². The molecule has 3 atom stereocenters. The van der Waals surface area contributed by atoms with Gasteiger partial charge >= 0.3 is 0 Å². The van der Waals surface area contributed by atoms with Crippen molar-refractivity contribution in [3.63, 3.8) is 0 Å². The Morgan fingerprint density at radius 3 is 2.56 bits per heavy atom. The van der Waals surface area contributed by atoms with Crippen molar-refractivity contribution in [2.75, 3.05) is 26.3 Å². The van der Waals surface area contributed by atoms with E-state index in [4.69, 9.17) is 26.1 Å². The Morgan fingerprint density at radius 2 is 1.88 bits per heavy atom. The van der Waals surface area contributed by atoms with E-state index in [2.05, 4.69) is 12.2 Å². The summed E-state index contributed by atoms with van der Waals surface area (Å²) in [5, 5.41) is 0.730. The Kier molecular flexibility index (Phi) is 6.91. The van der Waals surface area contributed by atoms with Crippen LogP contribution >= 0.6 is 23.4 Å². The molecule has 170 valence electrons. The van der Waals surface area contributed by atoms with Gasteiger partial charge in [0.05, 0.1) is 0 Å². The van der Waals surface area contributed by atoms with Crippen molar-refractivity contribution in [1.29, 1.82) is 0 Å². The number of likely N-dealkylation sites (tertiary alicyclic amines) is 1. The number of thioether (sulfide) groups is 1. The highest BCUT2D eigenvalue weighted by atomic mass is 35.5. The predicted octanol–water partition coefficient (Wildman–Crippen LogP) is 5.11. The van der Waals surface area contributed by atoms with Crippen molar-refractivity contribution in [3.05, 3.63) is 53.1 Å². The van der Waals surface area contributed by atoms with E-state index >= 15 is 0 Å². The second-order valence-corrected chi connectivity index (χ2v) is 10.4. The largest absolute Gasteiger partial charge is 0.464 e. The molecule has 1 aliphatic carbocycles. The molecule has 1 aromatic rings. The average molecular weight is 473 g/mol. The quantitative estimate of drug-likeness (QED) is 0.597. The lowest BCUT2D eigenvalue weighted by Gasteiger charge is -2.26. The van der Waals surface area contributed by atoms with Crippen molar-refractivity contribution in [2.24, 2.45) is 16.8 Å². The number of hydrogen-bond acceptors (Lipinski definition) is 5. The zero-order valence-electron chi connectivity index (χ0n) is 18.1. The molecule has 2 saturated heterocycles. The fourth-order valence-electron chi connectivity index (χ4n) is 4.76. The highest BCUT2D eigenvalue weighted by Gasteiger charge is 2.40.